The van der Waals surface area contributed by atoms with Crippen LogP contribution in [0.25, 0.3) is 0 Å². The Labute approximate surface area is 106 Å². The molecule has 0 saturated carbocycles. The van der Waals surface area contributed by atoms with Crippen LogP contribution in [0.4, 0.5) is 4.79 Å². The van der Waals surface area contributed by atoms with Gasteiger partial charge in [-0.3, -0.25) is 4.68 Å². The maximum Gasteiger partial charge on any atom is 0.346 e. The van der Waals surface area contributed by atoms with Crippen molar-refractivity contribution in [2.75, 3.05) is 6.54 Å². The highest BCUT2D eigenvalue weighted by Crippen LogP contribution is 2.26. The Kier molecular flexibility index (Phi) is 3.18. The van der Waals surface area contributed by atoms with Gasteiger partial charge in [-0.1, -0.05) is 6.08 Å². The first-order chi connectivity index (χ1) is 8.54. The highest BCUT2D eigenvalue weighted by Gasteiger charge is 2.34. The first-order valence-electron chi connectivity index (χ1n) is 5.84. The van der Waals surface area contributed by atoms with Crippen molar-refractivity contribution in [3.05, 3.63) is 30.6 Å². The van der Waals surface area contributed by atoms with E-state index >= 15 is 0 Å². The molecule has 1 atom stereocenters. The summed E-state index contributed by atoms with van der Waals surface area (Å²) in [6, 6.07) is -0.389. The lowest BCUT2D eigenvalue weighted by molar-refractivity contribution is 0.213. The predicted molar refractivity (Wildman–Crippen MR) is 69.3 cm³/mol. The molecule has 18 heavy (non-hydrogen) atoms. The van der Waals surface area contributed by atoms with Crippen LogP contribution in [-0.2, 0) is 0 Å². The van der Waals surface area contributed by atoms with Crippen molar-refractivity contribution in [1.82, 2.24) is 14.7 Å². The van der Waals surface area contributed by atoms with Crippen LogP contribution in [0.5, 0.6) is 0 Å². The van der Waals surface area contributed by atoms with Crippen molar-refractivity contribution in [3.63, 3.8) is 0 Å². The van der Waals surface area contributed by atoms with E-state index in [9.17, 15) is 4.79 Å². The van der Waals surface area contributed by atoms with Crippen LogP contribution in [0.3, 0.4) is 0 Å². The van der Waals surface area contributed by atoms with Gasteiger partial charge in [-0.05, 0) is 13.8 Å². The molecule has 96 valence electrons. The van der Waals surface area contributed by atoms with Gasteiger partial charge in [0.15, 0.2) is 0 Å². The SMILES string of the molecule is C=CCN1C(=O)N=C(N)C1c1cnn(C(C)C)c1. The number of carbonyl (C=O) groups excluding carboxylic acids is 1. The molecule has 0 bridgehead atoms. The monoisotopic (exact) mass is 247 g/mol. The fourth-order valence-electron chi connectivity index (χ4n) is 1.96. The van der Waals surface area contributed by atoms with Crippen LogP contribution >= 0.6 is 0 Å². The molecule has 0 radical (unpaired) electrons. The predicted octanol–water partition coefficient (Wildman–Crippen LogP) is 1.48. The Morgan fingerprint density at radius 1 is 1.61 bits per heavy atom. The van der Waals surface area contributed by atoms with E-state index in [0.29, 0.717) is 12.4 Å². The van der Waals surface area contributed by atoms with Crippen LogP contribution in [0.2, 0.25) is 0 Å². The average Bonchev–Trinajstić information content (AvgIpc) is 2.86. The molecule has 2 N–H and O–H groups in total. The molecular weight excluding hydrogens is 230 g/mol. The van der Waals surface area contributed by atoms with Gasteiger partial charge in [0.1, 0.15) is 11.9 Å². The van der Waals surface area contributed by atoms with Crippen LogP contribution in [-0.4, -0.2) is 33.1 Å². The fourth-order valence-corrected chi connectivity index (χ4v) is 1.96. The molecule has 6 heteroatoms. The molecule has 1 unspecified atom stereocenters. The molecule has 1 aromatic heterocycles. The van der Waals surface area contributed by atoms with E-state index in [-0.39, 0.29) is 18.1 Å². The smallest absolute Gasteiger partial charge is 0.346 e. The summed E-state index contributed by atoms with van der Waals surface area (Å²) in [5.74, 6) is 0.310. The standard InChI is InChI=1S/C12H17N5O/c1-4-5-16-10(11(13)15-12(16)18)9-6-14-17(7-9)8(2)3/h4,6-8,10H,1,5H2,2-3H3,(H2,13,15,18). The van der Waals surface area contributed by atoms with E-state index in [1.807, 2.05) is 24.7 Å². The largest absolute Gasteiger partial charge is 0.385 e. The zero-order valence-corrected chi connectivity index (χ0v) is 10.6. The summed E-state index contributed by atoms with van der Waals surface area (Å²) in [5, 5.41) is 4.26. The first kappa shape index (κ1) is 12.3. The highest BCUT2D eigenvalue weighted by atomic mass is 16.2. The number of hydrogen-bond acceptors (Lipinski definition) is 3. The highest BCUT2D eigenvalue weighted by molar-refractivity contribution is 6.03. The van der Waals surface area contributed by atoms with Crippen LogP contribution in [0, 0.1) is 0 Å². The fraction of sp³-hybridized carbons (Fsp3) is 0.417. The Morgan fingerprint density at radius 3 is 2.89 bits per heavy atom. The lowest BCUT2D eigenvalue weighted by Crippen LogP contribution is -2.33. The van der Waals surface area contributed by atoms with Crippen molar-refractivity contribution < 1.29 is 4.79 Å². The van der Waals surface area contributed by atoms with Gasteiger partial charge in [0, 0.05) is 24.3 Å². The number of rotatable bonds is 4. The Morgan fingerprint density at radius 2 is 2.33 bits per heavy atom. The molecule has 0 fully saturated rings. The zero-order chi connectivity index (χ0) is 13.3. The van der Waals surface area contributed by atoms with E-state index in [2.05, 4.69) is 16.7 Å². The number of nitrogens with zero attached hydrogens (tertiary/aromatic N) is 4. The quantitative estimate of drug-likeness (QED) is 0.819. The van der Waals surface area contributed by atoms with Crippen molar-refractivity contribution in [1.29, 1.82) is 0 Å². The molecule has 0 spiro atoms. The summed E-state index contributed by atoms with van der Waals surface area (Å²) in [7, 11) is 0. The van der Waals surface area contributed by atoms with Gasteiger partial charge in [0.05, 0.1) is 6.20 Å². The average molecular weight is 247 g/mol. The van der Waals surface area contributed by atoms with E-state index in [0.717, 1.165) is 5.56 Å². The maximum absolute atomic E-state index is 11.7. The topological polar surface area (TPSA) is 76.5 Å². The van der Waals surface area contributed by atoms with E-state index in [1.54, 1.807) is 17.2 Å². The maximum atomic E-state index is 11.7. The third-order valence-corrected chi connectivity index (χ3v) is 2.85. The summed E-state index contributed by atoms with van der Waals surface area (Å²) < 4.78 is 1.83. The van der Waals surface area contributed by atoms with Crippen molar-refractivity contribution >= 4 is 11.9 Å². The Bertz CT molecular complexity index is 502. The summed E-state index contributed by atoms with van der Waals surface area (Å²) in [6.45, 7) is 8.13. The molecule has 1 aliphatic heterocycles. The first-order valence-corrected chi connectivity index (χ1v) is 5.84. The normalized spacial score (nSPS) is 19.5. The van der Waals surface area contributed by atoms with Gasteiger partial charge in [0.25, 0.3) is 0 Å². The minimum Gasteiger partial charge on any atom is -0.385 e. The van der Waals surface area contributed by atoms with Gasteiger partial charge in [-0.25, -0.2) is 4.79 Å². The van der Waals surface area contributed by atoms with Gasteiger partial charge in [-0.2, -0.15) is 10.1 Å². The number of aromatic nitrogens is 2. The number of aliphatic imine (C=N–C) groups is 1. The molecule has 0 aliphatic carbocycles. The van der Waals surface area contributed by atoms with Crippen LogP contribution < -0.4 is 5.73 Å². The Hall–Kier alpha value is -2.11. The molecule has 0 saturated heterocycles. The van der Waals surface area contributed by atoms with Gasteiger partial charge in [-0.15, -0.1) is 6.58 Å². The number of carbonyl (C=O) groups is 1. The van der Waals surface area contributed by atoms with Crippen molar-refractivity contribution in [2.24, 2.45) is 10.7 Å². The lowest BCUT2D eigenvalue weighted by atomic mass is 10.1. The summed E-state index contributed by atoms with van der Waals surface area (Å²) in [4.78, 5) is 17.1. The molecule has 2 heterocycles. The zero-order valence-electron chi connectivity index (χ0n) is 10.6. The Balaban J connectivity index is 2.31. The number of amidine groups is 1. The third-order valence-electron chi connectivity index (χ3n) is 2.85. The van der Waals surface area contributed by atoms with Gasteiger partial charge >= 0.3 is 6.03 Å². The molecule has 2 amide bonds. The summed E-state index contributed by atoms with van der Waals surface area (Å²) >= 11 is 0. The molecule has 6 nitrogen and oxygen atoms in total. The second-order valence-corrected chi connectivity index (χ2v) is 4.51. The molecular formula is C12H17N5O. The summed E-state index contributed by atoms with van der Waals surface area (Å²) in [6.07, 6.45) is 5.28. The minimum atomic E-state index is -0.331. The van der Waals surface area contributed by atoms with E-state index < -0.39 is 0 Å². The summed E-state index contributed by atoms with van der Waals surface area (Å²) in [5.41, 5.74) is 6.70. The number of hydrogen-bond donors (Lipinski definition) is 1. The van der Waals surface area contributed by atoms with Gasteiger partial charge < -0.3 is 10.6 Å². The van der Waals surface area contributed by atoms with Crippen molar-refractivity contribution in [2.45, 2.75) is 25.9 Å². The van der Waals surface area contributed by atoms with Crippen molar-refractivity contribution in [3.8, 4) is 0 Å². The van der Waals surface area contributed by atoms with Crippen LogP contribution in [0.15, 0.2) is 30.0 Å². The minimum absolute atomic E-state index is 0.266. The number of urea groups is 1. The van der Waals surface area contributed by atoms with Crippen LogP contribution in [0.1, 0.15) is 31.5 Å². The lowest BCUT2D eigenvalue weighted by Gasteiger charge is -2.21. The molecule has 2 rings (SSSR count). The second kappa shape index (κ2) is 4.64. The third kappa shape index (κ3) is 2.01. The molecule has 0 aromatic carbocycles. The van der Waals surface area contributed by atoms with Gasteiger partial charge in [0.2, 0.25) is 0 Å². The van der Waals surface area contributed by atoms with E-state index in [1.165, 1.54) is 0 Å². The number of nitrogens with two attached hydrogens (primary N) is 1. The molecule has 1 aliphatic rings. The molecule has 1 aromatic rings. The van der Waals surface area contributed by atoms with E-state index in [4.69, 9.17) is 5.73 Å². The second-order valence-electron chi connectivity index (χ2n) is 4.51. The number of amides is 2.